The SMILES string of the molecule is CNc1nc2ccccn2c(=O)c1/C=C1\SC(=S)N(C2CCCCC2)C1=O. The molecule has 27 heavy (non-hydrogen) atoms. The maximum absolute atomic E-state index is 13.0. The summed E-state index contributed by atoms with van der Waals surface area (Å²) in [7, 11) is 1.71. The molecule has 2 aliphatic rings. The van der Waals surface area contributed by atoms with Crippen LogP contribution in [-0.4, -0.2) is 37.6 Å². The van der Waals surface area contributed by atoms with Crippen LogP contribution >= 0.6 is 24.0 Å². The summed E-state index contributed by atoms with van der Waals surface area (Å²) in [5.74, 6) is 0.352. The molecule has 0 unspecified atom stereocenters. The summed E-state index contributed by atoms with van der Waals surface area (Å²) in [4.78, 5) is 32.7. The van der Waals surface area contributed by atoms with Gasteiger partial charge in [0.2, 0.25) is 0 Å². The van der Waals surface area contributed by atoms with Gasteiger partial charge >= 0.3 is 0 Å². The van der Waals surface area contributed by atoms with Crippen molar-refractivity contribution in [2.75, 3.05) is 12.4 Å². The summed E-state index contributed by atoms with van der Waals surface area (Å²) in [6.45, 7) is 0. The number of thiocarbonyl (C=S) groups is 1. The van der Waals surface area contributed by atoms with Gasteiger partial charge in [-0.3, -0.25) is 18.9 Å². The molecule has 2 aromatic heterocycles. The van der Waals surface area contributed by atoms with Crippen LogP contribution in [0.1, 0.15) is 37.7 Å². The molecule has 4 rings (SSSR count). The lowest BCUT2D eigenvalue weighted by atomic mass is 9.94. The lowest BCUT2D eigenvalue weighted by molar-refractivity contribution is -0.124. The second kappa shape index (κ2) is 7.44. The molecular formula is C19H20N4O2S2. The highest BCUT2D eigenvalue weighted by molar-refractivity contribution is 8.26. The molecule has 0 aromatic carbocycles. The summed E-state index contributed by atoms with van der Waals surface area (Å²) >= 11 is 6.74. The van der Waals surface area contributed by atoms with E-state index in [2.05, 4.69) is 10.3 Å². The van der Waals surface area contributed by atoms with E-state index < -0.39 is 0 Å². The molecule has 0 radical (unpaired) electrons. The van der Waals surface area contributed by atoms with Crippen molar-refractivity contribution in [3.05, 3.63) is 45.2 Å². The summed E-state index contributed by atoms with van der Waals surface area (Å²) < 4.78 is 2.06. The van der Waals surface area contributed by atoms with Crippen LogP contribution in [0.2, 0.25) is 0 Å². The van der Waals surface area contributed by atoms with Crippen LogP contribution < -0.4 is 10.9 Å². The first-order chi connectivity index (χ1) is 13.1. The highest BCUT2D eigenvalue weighted by Crippen LogP contribution is 2.37. The van der Waals surface area contributed by atoms with E-state index in [0.717, 1.165) is 25.7 Å². The van der Waals surface area contributed by atoms with Crippen molar-refractivity contribution in [2.24, 2.45) is 0 Å². The molecule has 2 aromatic rings. The third-order valence-electron chi connectivity index (χ3n) is 5.04. The smallest absolute Gasteiger partial charge is 0.267 e. The normalized spacial score (nSPS) is 20.0. The van der Waals surface area contributed by atoms with Crippen molar-refractivity contribution in [1.82, 2.24) is 14.3 Å². The second-order valence-electron chi connectivity index (χ2n) is 6.70. The monoisotopic (exact) mass is 400 g/mol. The van der Waals surface area contributed by atoms with Gasteiger partial charge in [0.25, 0.3) is 11.5 Å². The Morgan fingerprint density at radius 2 is 2.04 bits per heavy atom. The molecule has 1 amide bonds. The summed E-state index contributed by atoms with van der Waals surface area (Å²) in [6.07, 6.45) is 8.74. The zero-order chi connectivity index (χ0) is 19.0. The molecule has 1 aliphatic heterocycles. The highest BCUT2D eigenvalue weighted by Gasteiger charge is 2.37. The highest BCUT2D eigenvalue weighted by atomic mass is 32.2. The van der Waals surface area contributed by atoms with Crippen LogP contribution in [0.15, 0.2) is 34.1 Å². The van der Waals surface area contributed by atoms with Crippen molar-refractivity contribution >= 4 is 51.7 Å². The molecule has 1 N–H and O–H groups in total. The molecule has 0 atom stereocenters. The molecule has 2 fully saturated rings. The number of anilines is 1. The van der Waals surface area contributed by atoms with Gasteiger partial charge < -0.3 is 5.32 Å². The molecular weight excluding hydrogens is 380 g/mol. The zero-order valence-corrected chi connectivity index (χ0v) is 16.6. The van der Waals surface area contributed by atoms with Gasteiger partial charge in [-0.25, -0.2) is 4.98 Å². The number of amides is 1. The molecule has 1 saturated heterocycles. The Balaban J connectivity index is 1.75. The Labute approximate surface area is 166 Å². The van der Waals surface area contributed by atoms with E-state index in [9.17, 15) is 9.59 Å². The van der Waals surface area contributed by atoms with Gasteiger partial charge in [0, 0.05) is 19.3 Å². The lowest BCUT2D eigenvalue weighted by Gasteiger charge is -2.29. The first kappa shape index (κ1) is 18.2. The fraction of sp³-hybridized carbons (Fsp3) is 0.368. The Bertz CT molecular complexity index is 1010. The van der Waals surface area contributed by atoms with Gasteiger partial charge in [-0.15, -0.1) is 0 Å². The number of thioether (sulfide) groups is 1. The number of hydrogen-bond acceptors (Lipinski definition) is 6. The number of rotatable bonds is 3. The van der Waals surface area contributed by atoms with Crippen LogP contribution in [0, 0.1) is 0 Å². The van der Waals surface area contributed by atoms with Crippen LogP contribution in [-0.2, 0) is 4.79 Å². The summed E-state index contributed by atoms with van der Waals surface area (Å²) in [6, 6.07) is 5.56. The quantitative estimate of drug-likeness (QED) is 0.630. The summed E-state index contributed by atoms with van der Waals surface area (Å²) in [5.41, 5.74) is 0.706. The Kier molecular flexibility index (Phi) is 5.01. The van der Waals surface area contributed by atoms with Gasteiger partial charge in [-0.05, 0) is 31.1 Å². The minimum absolute atomic E-state index is 0.100. The topological polar surface area (TPSA) is 66.7 Å². The number of carbonyl (C=O) groups is 1. The molecule has 6 nitrogen and oxygen atoms in total. The zero-order valence-electron chi connectivity index (χ0n) is 15.0. The van der Waals surface area contributed by atoms with Crippen LogP contribution in [0.5, 0.6) is 0 Å². The minimum Gasteiger partial charge on any atom is -0.372 e. The predicted molar refractivity (Wildman–Crippen MR) is 113 cm³/mol. The van der Waals surface area contributed by atoms with Crippen molar-refractivity contribution < 1.29 is 4.79 Å². The van der Waals surface area contributed by atoms with E-state index >= 15 is 0 Å². The fourth-order valence-corrected chi connectivity index (χ4v) is 5.07. The van der Waals surface area contributed by atoms with Crippen LogP contribution in [0.25, 0.3) is 11.7 Å². The van der Waals surface area contributed by atoms with Crippen molar-refractivity contribution in [3.63, 3.8) is 0 Å². The Hall–Kier alpha value is -2.19. The van der Waals surface area contributed by atoms with Gasteiger partial charge in [-0.1, -0.05) is 49.3 Å². The van der Waals surface area contributed by atoms with Gasteiger partial charge in [0.1, 0.15) is 15.8 Å². The first-order valence-corrected chi connectivity index (χ1v) is 10.3. The number of fused-ring (bicyclic) bond motifs is 1. The number of nitrogens with one attached hydrogen (secondary N) is 1. The third-order valence-corrected chi connectivity index (χ3v) is 6.38. The predicted octanol–water partition coefficient (Wildman–Crippen LogP) is 3.27. The molecule has 8 heteroatoms. The van der Waals surface area contributed by atoms with E-state index in [1.807, 2.05) is 6.07 Å². The van der Waals surface area contributed by atoms with E-state index in [1.165, 1.54) is 22.6 Å². The number of carbonyl (C=O) groups excluding carboxylic acids is 1. The maximum atomic E-state index is 13.0. The molecule has 140 valence electrons. The minimum atomic E-state index is -0.215. The van der Waals surface area contributed by atoms with E-state index in [0.29, 0.717) is 26.3 Å². The standard InChI is InChI=1S/C19H20N4O2S2/c1-20-16-13(17(24)22-10-6-5-9-15(22)21-16)11-14-18(25)23(19(26)27-14)12-7-3-2-4-8-12/h5-6,9-12,20H,2-4,7-8H2,1H3/b14-11-. The van der Waals surface area contributed by atoms with E-state index in [-0.39, 0.29) is 17.5 Å². The average Bonchev–Trinajstić information content (AvgIpc) is 2.97. The Morgan fingerprint density at radius 1 is 1.26 bits per heavy atom. The maximum Gasteiger partial charge on any atom is 0.267 e. The van der Waals surface area contributed by atoms with E-state index in [4.69, 9.17) is 12.2 Å². The van der Waals surface area contributed by atoms with Crippen LogP contribution in [0.3, 0.4) is 0 Å². The molecule has 3 heterocycles. The number of hydrogen-bond donors (Lipinski definition) is 1. The second-order valence-corrected chi connectivity index (χ2v) is 8.38. The van der Waals surface area contributed by atoms with Crippen molar-refractivity contribution in [2.45, 2.75) is 38.1 Å². The number of aromatic nitrogens is 2. The average molecular weight is 401 g/mol. The largest absolute Gasteiger partial charge is 0.372 e. The molecule has 1 aliphatic carbocycles. The Morgan fingerprint density at radius 3 is 2.78 bits per heavy atom. The van der Waals surface area contributed by atoms with Crippen molar-refractivity contribution in [3.8, 4) is 0 Å². The van der Waals surface area contributed by atoms with Gasteiger partial charge in [-0.2, -0.15) is 0 Å². The molecule has 0 bridgehead atoms. The summed E-state index contributed by atoms with van der Waals surface area (Å²) in [5, 5.41) is 2.97. The first-order valence-electron chi connectivity index (χ1n) is 9.06. The lowest BCUT2D eigenvalue weighted by Crippen LogP contribution is -2.39. The number of nitrogens with zero attached hydrogens (tertiary/aromatic N) is 3. The molecule has 0 spiro atoms. The van der Waals surface area contributed by atoms with Gasteiger partial charge in [0.05, 0.1) is 10.5 Å². The van der Waals surface area contributed by atoms with Gasteiger partial charge in [0.15, 0.2) is 0 Å². The molecule has 1 saturated carbocycles. The number of pyridine rings is 1. The van der Waals surface area contributed by atoms with Crippen molar-refractivity contribution in [1.29, 1.82) is 0 Å². The van der Waals surface area contributed by atoms with E-state index in [1.54, 1.807) is 36.4 Å². The third kappa shape index (κ3) is 3.27. The fourth-order valence-electron chi connectivity index (χ4n) is 3.69. The van der Waals surface area contributed by atoms with Crippen LogP contribution in [0.4, 0.5) is 5.82 Å².